The van der Waals surface area contributed by atoms with Crippen molar-refractivity contribution in [2.45, 2.75) is 32.0 Å². The lowest BCUT2D eigenvalue weighted by molar-refractivity contribution is -0.132. The molecular formula is C12H19N3O3. The van der Waals surface area contributed by atoms with Crippen molar-refractivity contribution in [2.75, 3.05) is 20.7 Å². The topological polar surface area (TPSA) is 67.6 Å². The Morgan fingerprint density at radius 2 is 2.50 bits per heavy atom. The number of likely N-dealkylation sites (N-methyl/N-ethyl adjacent to an activating group) is 1. The van der Waals surface area contributed by atoms with Crippen LogP contribution >= 0.6 is 0 Å². The van der Waals surface area contributed by atoms with E-state index < -0.39 is 0 Å². The minimum absolute atomic E-state index is 0.0650. The third-order valence-corrected chi connectivity index (χ3v) is 3.17. The molecule has 1 fully saturated rings. The summed E-state index contributed by atoms with van der Waals surface area (Å²) in [6.07, 6.45) is 0.846. The summed E-state index contributed by atoms with van der Waals surface area (Å²) in [6.45, 7) is 3.02. The van der Waals surface area contributed by atoms with Gasteiger partial charge < -0.3 is 19.5 Å². The van der Waals surface area contributed by atoms with Crippen LogP contribution in [0.5, 0.6) is 0 Å². The van der Waals surface area contributed by atoms with Crippen molar-refractivity contribution >= 4 is 5.91 Å². The number of nitrogens with zero attached hydrogens (tertiary/aromatic N) is 2. The van der Waals surface area contributed by atoms with Crippen molar-refractivity contribution < 1.29 is 14.1 Å². The largest absolute Gasteiger partial charge is 0.380 e. The van der Waals surface area contributed by atoms with Gasteiger partial charge in [0, 0.05) is 26.8 Å². The lowest BCUT2D eigenvalue weighted by Crippen LogP contribution is -2.41. The van der Waals surface area contributed by atoms with E-state index in [0.717, 1.165) is 24.4 Å². The number of amides is 1. The Kier molecular flexibility index (Phi) is 3.98. The minimum atomic E-state index is -0.159. The van der Waals surface area contributed by atoms with Gasteiger partial charge in [0.05, 0.1) is 18.7 Å². The van der Waals surface area contributed by atoms with Gasteiger partial charge >= 0.3 is 0 Å². The fourth-order valence-corrected chi connectivity index (χ4v) is 2.15. The zero-order chi connectivity index (χ0) is 13.1. The van der Waals surface area contributed by atoms with Crippen LogP contribution in [0, 0.1) is 6.92 Å². The predicted molar refractivity (Wildman–Crippen MR) is 64.9 cm³/mol. The van der Waals surface area contributed by atoms with E-state index in [1.165, 1.54) is 0 Å². The van der Waals surface area contributed by atoms with Gasteiger partial charge in [0.2, 0.25) is 5.91 Å². The second-order valence-electron chi connectivity index (χ2n) is 4.68. The Hall–Kier alpha value is -1.40. The molecule has 0 aromatic carbocycles. The first kappa shape index (κ1) is 13.0. The molecule has 1 saturated heterocycles. The molecule has 6 heteroatoms. The number of rotatable bonds is 4. The number of ether oxygens (including phenoxy) is 1. The summed E-state index contributed by atoms with van der Waals surface area (Å²) in [5.74, 6) is 0.819. The Morgan fingerprint density at radius 3 is 3.06 bits per heavy atom. The normalized spacial score (nSPS) is 23.3. The smallest absolute Gasteiger partial charge is 0.239 e. The van der Waals surface area contributed by atoms with Crippen molar-refractivity contribution in [3.05, 3.63) is 17.5 Å². The molecule has 1 N–H and O–H groups in total. The van der Waals surface area contributed by atoms with Gasteiger partial charge in [-0.2, -0.15) is 0 Å². The third-order valence-electron chi connectivity index (χ3n) is 3.17. The molecule has 0 aliphatic carbocycles. The van der Waals surface area contributed by atoms with Crippen molar-refractivity contribution in [2.24, 2.45) is 0 Å². The second kappa shape index (κ2) is 5.49. The van der Waals surface area contributed by atoms with E-state index in [1.807, 2.05) is 13.0 Å². The quantitative estimate of drug-likeness (QED) is 0.837. The number of methoxy groups -OCH3 is 1. The molecule has 1 aromatic rings. The van der Waals surface area contributed by atoms with Crippen molar-refractivity contribution in [1.29, 1.82) is 0 Å². The van der Waals surface area contributed by atoms with Crippen LogP contribution in [0.25, 0.3) is 0 Å². The SMILES string of the molecule is COC1CNC(C(=O)N(C)Cc2cc(C)on2)C1. The van der Waals surface area contributed by atoms with E-state index in [9.17, 15) is 4.79 Å². The second-order valence-corrected chi connectivity index (χ2v) is 4.68. The van der Waals surface area contributed by atoms with Crippen LogP contribution in [0.3, 0.4) is 0 Å². The zero-order valence-corrected chi connectivity index (χ0v) is 11.0. The highest BCUT2D eigenvalue weighted by Crippen LogP contribution is 2.13. The number of aryl methyl sites for hydroxylation is 1. The van der Waals surface area contributed by atoms with Crippen LogP contribution in [-0.4, -0.2) is 48.8 Å². The standard InChI is InChI=1S/C12H19N3O3/c1-8-4-9(14-18-8)7-15(2)12(16)11-5-10(17-3)6-13-11/h4,10-11,13H,5-7H2,1-3H3. The van der Waals surface area contributed by atoms with Gasteiger partial charge in [-0.15, -0.1) is 0 Å². The van der Waals surface area contributed by atoms with Gasteiger partial charge in [-0.25, -0.2) is 0 Å². The molecule has 18 heavy (non-hydrogen) atoms. The fraction of sp³-hybridized carbons (Fsp3) is 0.667. The Balaban J connectivity index is 1.89. The van der Waals surface area contributed by atoms with Crippen molar-refractivity contribution in [3.8, 4) is 0 Å². The van der Waals surface area contributed by atoms with E-state index in [1.54, 1.807) is 19.1 Å². The summed E-state index contributed by atoms with van der Waals surface area (Å²) in [5.41, 5.74) is 0.768. The van der Waals surface area contributed by atoms with E-state index in [4.69, 9.17) is 9.26 Å². The maximum atomic E-state index is 12.2. The van der Waals surface area contributed by atoms with E-state index in [0.29, 0.717) is 6.54 Å². The van der Waals surface area contributed by atoms with E-state index in [2.05, 4.69) is 10.5 Å². The first-order valence-corrected chi connectivity index (χ1v) is 6.03. The third kappa shape index (κ3) is 2.88. The summed E-state index contributed by atoms with van der Waals surface area (Å²) >= 11 is 0. The summed E-state index contributed by atoms with van der Waals surface area (Å²) in [7, 11) is 3.44. The van der Waals surface area contributed by atoms with Gasteiger partial charge in [0.1, 0.15) is 11.5 Å². The highest BCUT2D eigenvalue weighted by atomic mass is 16.5. The summed E-state index contributed by atoms with van der Waals surface area (Å²) < 4.78 is 10.2. The molecule has 0 radical (unpaired) electrons. The Labute approximate surface area is 106 Å². The van der Waals surface area contributed by atoms with Gasteiger partial charge in [0.25, 0.3) is 0 Å². The molecule has 1 aromatic heterocycles. The maximum absolute atomic E-state index is 12.2. The Bertz CT molecular complexity index is 418. The van der Waals surface area contributed by atoms with Crippen LogP contribution in [0.15, 0.2) is 10.6 Å². The number of aromatic nitrogens is 1. The summed E-state index contributed by atoms with van der Waals surface area (Å²) in [4.78, 5) is 13.8. The zero-order valence-electron chi connectivity index (χ0n) is 11.0. The van der Waals surface area contributed by atoms with Gasteiger partial charge in [-0.3, -0.25) is 4.79 Å². The number of carbonyl (C=O) groups excluding carboxylic acids is 1. The molecular weight excluding hydrogens is 234 g/mol. The first-order valence-electron chi connectivity index (χ1n) is 6.03. The van der Waals surface area contributed by atoms with Crippen LogP contribution < -0.4 is 5.32 Å². The Morgan fingerprint density at radius 1 is 1.72 bits per heavy atom. The lowest BCUT2D eigenvalue weighted by Gasteiger charge is -2.19. The van der Waals surface area contributed by atoms with Crippen LogP contribution in [0.1, 0.15) is 17.9 Å². The monoisotopic (exact) mass is 253 g/mol. The van der Waals surface area contributed by atoms with Gasteiger partial charge in [0.15, 0.2) is 0 Å². The molecule has 1 aliphatic heterocycles. The van der Waals surface area contributed by atoms with Crippen LogP contribution in [0.2, 0.25) is 0 Å². The van der Waals surface area contributed by atoms with Gasteiger partial charge in [-0.05, 0) is 13.3 Å². The van der Waals surface area contributed by atoms with E-state index in [-0.39, 0.29) is 18.1 Å². The number of hydrogen-bond acceptors (Lipinski definition) is 5. The predicted octanol–water partition coefficient (Wildman–Crippen LogP) is 0.318. The molecule has 6 nitrogen and oxygen atoms in total. The number of hydrogen-bond donors (Lipinski definition) is 1. The summed E-state index contributed by atoms with van der Waals surface area (Å²) in [6, 6.07) is 1.68. The molecule has 1 amide bonds. The van der Waals surface area contributed by atoms with Gasteiger partial charge in [-0.1, -0.05) is 5.16 Å². The molecule has 0 spiro atoms. The molecule has 2 rings (SSSR count). The number of nitrogens with one attached hydrogen (secondary N) is 1. The molecule has 100 valence electrons. The molecule has 1 aliphatic rings. The minimum Gasteiger partial charge on any atom is -0.380 e. The lowest BCUT2D eigenvalue weighted by atomic mass is 10.2. The molecule has 0 bridgehead atoms. The van der Waals surface area contributed by atoms with Crippen molar-refractivity contribution in [3.63, 3.8) is 0 Å². The first-order chi connectivity index (χ1) is 8.60. The molecule has 0 saturated carbocycles. The molecule has 2 heterocycles. The fourth-order valence-electron chi connectivity index (χ4n) is 2.15. The van der Waals surface area contributed by atoms with Crippen LogP contribution in [-0.2, 0) is 16.1 Å². The number of carbonyl (C=O) groups is 1. The van der Waals surface area contributed by atoms with E-state index >= 15 is 0 Å². The highest BCUT2D eigenvalue weighted by Gasteiger charge is 2.31. The maximum Gasteiger partial charge on any atom is 0.239 e. The average molecular weight is 253 g/mol. The molecule has 2 atom stereocenters. The van der Waals surface area contributed by atoms with Crippen molar-refractivity contribution in [1.82, 2.24) is 15.4 Å². The highest BCUT2D eigenvalue weighted by molar-refractivity contribution is 5.82. The van der Waals surface area contributed by atoms with Crippen LogP contribution in [0.4, 0.5) is 0 Å². The molecule has 2 unspecified atom stereocenters. The average Bonchev–Trinajstić information content (AvgIpc) is 2.97. The summed E-state index contributed by atoms with van der Waals surface area (Å²) in [5, 5.41) is 7.05.